The molecule has 0 bridgehead atoms. The predicted octanol–water partition coefficient (Wildman–Crippen LogP) is 4.82. The fourth-order valence-corrected chi connectivity index (χ4v) is 3.26. The first-order chi connectivity index (χ1) is 13.3. The van der Waals surface area contributed by atoms with Gasteiger partial charge in [-0.05, 0) is 18.4 Å². The van der Waals surface area contributed by atoms with Gasteiger partial charge in [-0.25, -0.2) is 0 Å². The molecule has 0 heterocycles. The predicted molar refractivity (Wildman–Crippen MR) is 115 cm³/mol. The van der Waals surface area contributed by atoms with Gasteiger partial charge in [0.15, 0.2) is 0 Å². The van der Waals surface area contributed by atoms with Crippen LogP contribution >= 0.6 is 0 Å². The molecule has 1 aromatic rings. The van der Waals surface area contributed by atoms with Crippen molar-refractivity contribution in [3.63, 3.8) is 0 Å². The van der Waals surface area contributed by atoms with E-state index in [0.717, 1.165) is 12.0 Å². The topological polar surface area (TPSA) is 66.8 Å². The molecule has 0 amide bonds. The average molecular weight is 656 g/mol. The maximum atomic E-state index is 11.1. The van der Waals surface area contributed by atoms with Crippen LogP contribution in [-0.2, 0) is 113 Å². The monoisotopic (exact) mass is 656 g/mol. The van der Waals surface area contributed by atoms with E-state index in [4.69, 9.17) is 0 Å². The summed E-state index contributed by atoms with van der Waals surface area (Å²) in [5.74, 6) is -0.302. The van der Waals surface area contributed by atoms with E-state index >= 15 is 0 Å². The van der Waals surface area contributed by atoms with Gasteiger partial charge in [-0.2, -0.15) is 6.42 Å². The first-order valence-corrected chi connectivity index (χ1v) is 10.4. The molecule has 0 aliphatic carbocycles. The van der Waals surface area contributed by atoms with Crippen molar-refractivity contribution in [2.24, 2.45) is 0 Å². The van der Waals surface area contributed by atoms with Crippen molar-refractivity contribution < 1.29 is 118 Å². The number of esters is 1. The smallest absolute Gasteiger partial charge is 0.305 e. The van der Waals surface area contributed by atoms with Gasteiger partial charge in [0, 0.05) is 105 Å². The van der Waals surface area contributed by atoms with Crippen LogP contribution < -0.4 is 0 Å². The molecule has 2 N–H and O–H groups in total. The van der Waals surface area contributed by atoms with Crippen molar-refractivity contribution in [3.05, 3.63) is 47.9 Å². The van der Waals surface area contributed by atoms with Gasteiger partial charge in [0.2, 0.25) is 0 Å². The Morgan fingerprint density at radius 1 is 1.13 bits per heavy atom. The van der Waals surface area contributed by atoms with E-state index in [1.165, 1.54) is 31.9 Å². The first-order valence-electron chi connectivity index (χ1n) is 10.4. The molecule has 31 heavy (non-hydrogen) atoms. The molecule has 0 aromatic heterocycles. The van der Waals surface area contributed by atoms with Crippen LogP contribution in [0.2, 0.25) is 0 Å². The number of rotatable bonds is 13. The molecule has 7 heteroatoms. The maximum absolute atomic E-state index is 11.1. The van der Waals surface area contributed by atoms with Gasteiger partial charge in [0.25, 0.3) is 0 Å². The third-order valence-electron chi connectivity index (χ3n) is 5.09. The van der Waals surface area contributed by atoms with Crippen molar-refractivity contribution in [1.29, 1.82) is 0 Å². The van der Waals surface area contributed by atoms with Crippen LogP contribution in [0.5, 0.6) is 0 Å². The quantitative estimate of drug-likeness (QED) is 0.182. The van der Waals surface area contributed by atoms with E-state index in [1.807, 2.05) is 24.3 Å². The Morgan fingerprint density at radius 2 is 1.77 bits per heavy atom. The number of benzene rings is 1. The van der Waals surface area contributed by atoms with Crippen LogP contribution in [0.1, 0.15) is 76.8 Å². The molecule has 0 saturated carbocycles. The molecule has 0 fully saturated rings. The van der Waals surface area contributed by atoms with Crippen molar-refractivity contribution in [2.45, 2.75) is 83.3 Å². The van der Waals surface area contributed by atoms with Crippen molar-refractivity contribution in [1.82, 2.24) is 0 Å². The Kier molecular flexibility index (Phi) is 25.2. The normalized spacial score (nSPS) is 12.8. The van der Waals surface area contributed by atoms with Gasteiger partial charge in [0.1, 0.15) is 0 Å². The van der Waals surface area contributed by atoms with Crippen molar-refractivity contribution in [2.75, 3.05) is 7.11 Å². The fraction of sp³-hybridized carbons (Fsp3) is 0.583. The maximum Gasteiger partial charge on any atom is 0.305 e. The third-order valence-corrected chi connectivity index (χ3v) is 5.09. The first kappa shape index (κ1) is 37.2. The molecular weight excluding hydrogens is 619 g/mol. The molecular formula is C24H37O4Y3-. The van der Waals surface area contributed by atoms with E-state index in [-0.39, 0.29) is 116 Å². The number of carbonyl (C=O) groups is 1. The second kappa shape index (κ2) is 21.0. The van der Waals surface area contributed by atoms with Crippen LogP contribution in [0, 0.1) is 6.42 Å². The zero-order valence-corrected chi connectivity index (χ0v) is 28.1. The summed E-state index contributed by atoms with van der Waals surface area (Å²) in [4.78, 5) is 11.1. The Bertz CT molecular complexity index is 621. The van der Waals surface area contributed by atoms with Crippen LogP contribution in [0.15, 0.2) is 30.3 Å². The zero-order valence-electron chi connectivity index (χ0n) is 19.6. The molecule has 0 spiro atoms. The molecule has 167 valence electrons. The second-order valence-electron chi connectivity index (χ2n) is 7.89. The Hall–Kier alpha value is 1.66. The van der Waals surface area contributed by atoms with Crippen LogP contribution in [0.3, 0.4) is 0 Å². The third kappa shape index (κ3) is 15.3. The Balaban J connectivity index is -0.00000261. The van der Waals surface area contributed by atoms with Crippen molar-refractivity contribution >= 4 is 12.0 Å². The molecule has 4 nitrogen and oxygen atoms in total. The van der Waals surface area contributed by atoms with Gasteiger partial charge >= 0.3 is 5.97 Å². The van der Waals surface area contributed by atoms with Crippen molar-refractivity contribution in [3.8, 4) is 0 Å². The number of hydrogen-bond donors (Lipinski definition) is 2. The molecule has 0 unspecified atom stereocenters. The molecule has 0 saturated heterocycles. The molecule has 2 atom stereocenters. The summed E-state index contributed by atoms with van der Waals surface area (Å²) in [6.07, 6.45) is 9.83. The van der Waals surface area contributed by atoms with E-state index in [9.17, 15) is 15.0 Å². The fourth-order valence-electron chi connectivity index (χ4n) is 3.26. The van der Waals surface area contributed by atoms with Crippen LogP contribution in [-0.4, -0.2) is 35.5 Å². The molecule has 0 aliphatic heterocycles. The number of carbonyl (C=O) groups excluding carboxylic acids is 1. The summed E-state index contributed by atoms with van der Waals surface area (Å²) in [6, 6.07) is 8.17. The molecule has 1 rings (SSSR count). The Morgan fingerprint density at radius 3 is 2.39 bits per heavy atom. The number of ether oxygens (including phenoxy) is 1. The molecule has 3 radical (unpaired) electrons. The van der Waals surface area contributed by atoms with Gasteiger partial charge in [-0.3, -0.25) is 4.79 Å². The summed E-state index contributed by atoms with van der Waals surface area (Å²) >= 11 is 0. The van der Waals surface area contributed by atoms with E-state index in [2.05, 4.69) is 38.0 Å². The van der Waals surface area contributed by atoms with Crippen LogP contribution in [0.4, 0.5) is 0 Å². The van der Waals surface area contributed by atoms with E-state index in [0.29, 0.717) is 12.8 Å². The molecule has 1 aromatic carbocycles. The second-order valence-corrected chi connectivity index (χ2v) is 7.89. The van der Waals surface area contributed by atoms with Gasteiger partial charge in [-0.1, -0.05) is 82.0 Å². The number of aliphatic hydroxyl groups excluding tert-OH is 2. The molecule has 0 aliphatic rings. The SMILES string of the molecule is CCCCC[CH-]C(C)(C)c1ccccc1/C=C/[C@@H](O)[C@@H](O)CCCC(=O)OC.[Y].[Y].[Y]. The average Bonchev–Trinajstić information content (AvgIpc) is 2.69. The summed E-state index contributed by atoms with van der Waals surface area (Å²) < 4.78 is 4.58. The van der Waals surface area contributed by atoms with Gasteiger partial charge < -0.3 is 21.4 Å². The van der Waals surface area contributed by atoms with E-state index < -0.39 is 12.2 Å². The number of hydrogen-bond acceptors (Lipinski definition) is 4. The summed E-state index contributed by atoms with van der Waals surface area (Å²) in [5.41, 5.74) is 2.17. The summed E-state index contributed by atoms with van der Waals surface area (Å²) in [6.45, 7) is 6.63. The number of methoxy groups -OCH3 is 1. The standard InChI is InChI=1S/C24H37O4.3Y/c1-5-6-7-10-18-24(2,3)20-13-9-8-12-19(20)16-17-22(26)21(25)14-11-15-23(27)28-4;;;/h8-9,12-13,16-18,21-22,25-26H,5-7,10-11,14-15H2,1-4H3;;;/q-1;;;/b17-16+;;;/t21-,22+;;;/m0.../s1. The minimum atomic E-state index is -0.970. The summed E-state index contributed by atoms with van der Waals surface area (Å²) in [5, 5.41) is 20.4. The van der Waals surface area contributed by atoms with Gasteiger partial charge in [0.05, 0.1) is 19.3 Å². The van der Waals surface area contributed by atoms with E-state index in [1.54, 1.807) is 6.08 Å². The minimum Gasteiger partial charge on any atom is -0.469 e. The van der Waals surface area contributed by atoms with Crippen LogP contribution in [0.25, 0.3) is 6.08 Å². The summed E-state index contributed by atoms with van der Waals surface area (Å²) in [7, 11) is 1.34. The Labute approximate surface area is 264 Å². The minimum absolute atomic E-state index is 0. The largest absolute Gasteiger partial charge is 0.469 e. The number of unbranched alkanes of at least 4 members (excludes halogenated alkanes) is 3. The zero-order chi connectivity index (χ0) is 21.0. The van der Waals surface area contributed by atoms with Gasteiger partial charge in [-0.15, -0.1) is 5.41 Å². The number of aliphatic hydroxyl groups is 2.